The normalized spacial score (nSPS) is 18.0. The summed E-state index contributed by atoms with van der Waals surface area (Å²) in [5.41, 5.74) is 30.3. The van der Waals surface area contributed by atoms with Crippen LogP contribution < -0.4 is 41.9 Å². The maximum atomic E-state index is 12.3. The SMILES string of the molecule is COc1ccc(COc2cc(C(N)=O)cc(N)c2C2CCCCCN2C/C=C/CN2CCCCCC2c2c(N)cc(C(N)=O)cc2OCc2ccc(OC)cc2)cc1. The van der Waals surface area contributed by atoms with Crippen molar-refractivity contribution in [3.63, 3.8) is 0 Å². The van der Waals surface area contributed by atoms with Gasteiger partial charge in [-0.15, -0.1) is 0 Å². The van der Waals surface area contributed by atoms with Gasteiger partial charge in [-0.05, 0) is 98.4 Å². The van der Waals surface area contributed by atoms with Crippen molar-refractivity contribution in [3.05, 3.63) is 118 Å². The molecule has 0 radical (unpaired) electrons. The van der Waals surface area contributed by atoms with Crippen LogP contribution in [0.15, 0.2) is 84.9 Å². The molecule has 0 aliphatic carbocycles. The van der Waals surface area contributed by atoms with Gasteiger partial charge in [0.05, 0.1) is 14.2 Å². The molecule has 0 aromatic heterocycles. The molecule has 308 valence electrons. The second-order valence-electron chi connectivity index (χ2n) is 15.1. The molecule has 12 heteroatoms. The van der Waals surface area contributed by atoms with Crippen molar-refractivity contribution in [1.29, 1.82) is 0 Å². The smallest absolute Gasteiger partial charge is 0.248 e. The second kappa shape index (κ2) is 20.1. The number of amides is 2. The number of methoxy groups -OCH3 is 2. The molecule has 12 nitrogen and oxygen atoms in total. The third kappa shape index (κ3) is 10.6. The van der Waals surface area contributed by atoms with Crippen LogP contribution in [0.4, 0.5) is 11.4 Å². The largest absolute Gasteiger partial charge is 0.497 e. The fourth-order valence-electron chi connectivity index (χ4n) is 8.14. The van der Waals surface area contributed by atoms with Crippen molar-refractivity contribution in [3.8, 4) is 23.0 Å². The molecule has 4 aromatic carbocycles. The van der Waals surface area contributed by atoms with E-state index in [0.717, 1.165) is 98.2 Å². The monoisotopic (exact) mass is 790 g/mol. The van der Waals surface area contributed by atoms with Crippen LogP contribution in [-0.4, -0.2) is 62.0 Å². The highest BCUT2D eigenvalue weighted by Gasteiger charge is 2.30. The number of nitrogen functional groups attached to an aromatic ring is 2. The van der Waals surface area contributed by atoms with E-state index in [1.165, 1.54) is 0 Å². The first-order chi connectivity index (χ1) is 28.1. The summed E-state index contributed by atoms with van der Waals surface area (Å²) in [7, 11) is 3.27. The lowest BCUT2D eigenvalue weighted by molar-refractivity contribution is 0.0991. The molecule has 8 N–H and O–H groups in total. The van der Waals surface area contributed by atoms with E-state index in [1.807, 2.05) is 48.5 Å². The molecule has 6 rings (SSSR count). The Labute approximate surface area is 342 Å². The van der Waals surface area contributed by atoms with Gasteiger partial charge < -0.3 is 41.9 Å². The van der Waals surface area contributed by atoms with Crippen molar-refractivity contribution in [2.24, 2.45) is 11.5 Å². The minimum Gasteiger partial charge on any atom is -0.497 e. The van der Waals surface area contributed by atoms with Crippen molar-refractivity contribution < 1.29 is 28.5 Å². The van der Waals surface area contributed by atoms with Crippen molar-refractivity contribution in [2.45, 2.75) is 76.7 Å². The Morgan fingerprint density at radius 1 is 0.603 bits per heavy atom. The lowest BCUT2D eigenvalue weighted by atomic mass is 9.95. The Morgan fingerprint density at radius 3 is 1.36 bits per heavy atom. The predicted octanol–water partition coefficient (Wildman–Crippen LogP) is 7.31. The maximum absolute atomic E-state index is 12.3. The molecule has 2 heterocycles. The van der Waals surface area contributed by atoms with Gasteiger partial charge in [0.2, 0.25) is 11.8 Å². The highest BCUT2D eigenvalue weighted by atomic mass is 16.5. The number of carbonyl (C=O) groups is 2. The van der Waals surface area contributed by atoms with Crippen LogP contribution in [0.1, 0.15) is 106 Å². The number of hydrogen-bond acceptors (Lipinski definition) is 10. The average molecular weight is 791 g/mol. The number of anilines is 2. The van der Waals surface area contributed by atoms with E-state index in [9.17, 15) is 9.59 Å². The Hall–Kier alpha value is -5.72. The zero-order chi connectivity index (χ0) is 41.0. The lowest BCUT2D eigenvalue weighted by Gasteiger charge is -2.33. The topological polar surface area (TPSA) is 182 Å². The minimum absolute atomic E-state index is 0.0140. The third-order valence-corrected chi connectivity index (χ3v) is 11.3. The quantitative estimate of drug-likeness (QED) is 0.0664. The van der Waals surface area contributed by atoms with Crippen molar-refractivity contribution in [1.82, 2.24) is 9.80 Å². The van der Waals surface area contributed by atoms with Crippen molar-refractivity contribution in [2.75, 3.05) is 51.9 Å². The molecule has 2 aliphatic heterocycles. The van der Waals surface area contributed by atoms with Gasteiger partial charge >= 0.3 is 0 Å². The number of rotatable bonds is 16. The first-order valence-corrected chi connectivity index (χ1v) is 20.3. The molecule has 0 saturated carbocycles. The number of benzene rings is 4. The number of hydrogen-bond donors (Lipinski definition) is 4. The minimum atomic E-state index is -0.554. The Kier molecular flexibility index (Phi) is 14.5. The molecule has 58 heavy (non-hydrogen) atoms. The van der Waals surface area contributed by atoms with Gasteiger partial charge in [-0.25, -0.2) is 0 Å². The van der Waals surface area contributed by atoms with Gasteiger partial charge in [0, 0.05) is 58.8 Å². The Morgan fingerprint density at radius 2 is 1.00 bits per heavy atom. The summed E-state index contributed by atoms with van der Waals surface area (Å²) in [6, 6.07) is 22.2. The summed E-state index contributed by atoms with van der Waals surface area (Å²) < 4.78 is 23.5. The van der Waals surface area contributed by atoms with Gasteiger partial charge in [0.25, 0.3) is 0 Å². The van der Waals surface area contributed by atoms with Crippen LogP contribution in [0.2, 0.25) is 0 Å². The Bertz CT molecular complexity index is 1890. The van der Waals surface area contributed by atoms with Gasteiger partial charge in [-0.3, -0.25) is 19.4 Å². The highest BCUT2D eigenvalue weighted by Crippen LogP contribution is 2.42. The van der Waals surface area contributed by atoms with E-state index >= 15 is 0 Å². The van der Waals surface area contributed by atoms with Crippen LogP contribution in [0, 0.1) is 0 Å². The van der Waals surface area contributed by atoms with Gasteiger partial charge in [0.1, 0.15) is 36.2 Å². The van der Waals surface area contributed by atoms with Gasteiger partial charge in [0.15, 0.2) is 0 Å². The fraction of sp³-hybridized carbons (Fsp3) is 0.391. The summed E-state index contributed by atoms with van der Waals surface area (Å²) in [5, 5.41) is 0. The molecule has 2 aliphatic rings. The number of carbonyl (C=O) groups excluding carboxylic acids is 2. The van der Waals surface area contributed by atoms with Gasteiger partial charge in [-0.1, -0.05) is 62.1 Å². The molecule has 4 aromatic rings. The molecule has 2 amide bonds. The van der Waals surface area contributed by atoms with E-state index in [1.54, 1.807) is 38.5 Å². The number of likely N-dealkylation sites (tertiary alicyclic amines) is 2. The standard InChI is InChI=1S/C46H58N6O6/c1-55-35-17-13-31(14-18-35)29-57-41-27-33(45(49)53)25-37(47)43(41)39-11-5-3-7-21-51(39)23-9-10-24-52-22-8-4-6-12-40(52)44-38(48)26-34(46(50)54)28-42(44)58-30-32-15-19-36(56-2)20-16-32/h9-10,13-20,25-28,39-40H,3-8,11-12,21-24,29-30,47-48H2,1-2H3,(H2,49,53)(H2,50,54)/b10-9+. The molecular weight excluding hydrogens is 733 g/mol. The summed E-state index contributed by atoms with van der Waals surface area (Å²) >= 11 is 0. The van der Waals surface area contributed by atoms with Crippen LogP contribution in [0.25, 0.3) is 0 Å². The first-order valence-electron chi connectivity index (χ1n) is 20.3. The molecule has 0 bridgehead atoms. The molecule has 2 saturated heterocycles. The van der Waals surface area contributed by atoms with E-state index in [2.05, 4.69) is 22.0 Å². The number of nitrogens with zero attached hydrogens (tertiary/aromatic N) is 2. The summed E-state index contributed by atoms with van der Waals surface area (Å²) in [5.74, 6) is 1.56. The summed E-state index contributed by atoms with van der Waals surface area (Å²) in [4.78, 5) is 29.6. The first kappa shape index (κ1) is 41.9. The summed E-state index contributed by atoms with van der Waals surface area (Å²) in [6.45, 7) is 3.81. The van der Waals surface area contributed by atoms with Crippen LogP contribution in [0.3, 0.4) is 0 Å². The zero-order valence-corrected chi connectivity index (χ0v) is 33.8. The predicted molar refractivity (Wildman–Crippen MR) is 228 cm³/mol. The maximum Gasteiger partial charge on any atom is 0.248 e. The molecule has 2 atom stereocenters. The highest BCUT2D eigenvalue weighted by molar-refractivity contribution is 5.95. The van der Waals surface area contributed by atoms with E-state index < -0.39 is 11.8 Å². The molecule has 2 fully saturated rings. The second-order valence-corrected chi connectivity index (χ2v) is 15.1. The number of ether oxygens (including phenoxy) is 4. The van der Waals surface area contributed by atoms with Gasteiger partial charge in [-0.2, -0.15) is 0 Å². The molecule has 2 unspecified atom stereocenters. The van der Waals surface area contributed by atoms with E-state index in [4.69, 9.17) is 41.9 Å². The summed E-state index contributed by atoms with van der Waals surface area (Å²) in [6.07, 6.45) is 12.8. The average Bonchev–Trinajstić information content (AvgIpc) is 3.61. The number of nitrogens with two attached hydrogens (primary N) is 4. The lowest BCUT2D eigenvalue weighted by Crippen LogP contribution is -2.31. The third-order valence-electron chi connectivity index (χ3n) is 11.3. The van der Waals surface area contributed by atoms with Crippen LogP contribution in [0.5, 0.6) is 23.0 Å². The van der Waals surface area contributed by atoms with Crippen LogP contribution in [-0.2, 0) is 13.2 Å². The van der Waals surface area contributed by atoms with Crippen LogP contribution >= 0.6 is 0 Å². The Balaban J connectivity index is 1.22. The van der Waals surface area contributed by atoms with Crippen molar-refractivity contribution >= 4 is 23.2 Å². The van der Waals surface area contributed by atoms with E-state index in [-0.39, 0.29) is 12.1 Å². The number of primary amides is 2. The zero-order valence-electron chi connectivity index (χ0n) is 33.8. The molecular formula is C46H58N6O6. The fourth-order valence-corrected chi connectivity index (χ4v) is 8.14. The molecule has 0 spiro atoms. The van der Waals surface area contributed by atoms with E-state index in [0.29, 0.717) is 60.3 Å².